The van der Waals surface area contributed by atoms with Crippen molar-refractivity contribution in [2.45, 2.75) is 37.7 Å². The minimum atomic E-state index is -0.322. The van der Waals surface area contributed by atoms with Crippen LogP contribution in [0.15, 0.2) is 12.1 Å². The molecule has 2 N–H and O–H groups in total. The maximum atomic E-state index is 12.3. The van der Waals surface area contributed by atoms with Crippen LogP contribution in [0.4, 0.5) is 0 Å². The van der Waals surface area contributed by atoms with Gasteiger partial charge in [-0.3, -0.25) is 4.79 Å². The molecule has 1 aromatic carbocycles. The van der Waals surface area contributed by atoms with E-state index in [-0.39, 0.29) is 11.5 Å². The number of carbonyl (C=O) groups is 1. The number of fused-ring (bicyclic) bond motifs is 2. The van der Waals surface area contributed by atoms with E-state index in [1.165, 1.54) is 11.1 Å². The van der Waals surface area contributed by atoms with Gasteiger partial charge in [0, 0.05) is 19.5 Å². The van der Waals surface area contributed by atoms with E-state index in [4.69, 9.17) is 19.9 Å². The van der Waals surface area contributed by atoms with E-state index in [1.807, 2.05) is 4.90 Å². The second kappa shape index (κ2) is 7.62. The van der Waals surface area contributed by atoms with Gasteiger partial charge in [-0.1, -0.05) is 0 Å². The van der Waals surface area contributed by atoms with Crippen LogP contribution in [0.25, 0.3) is 0 Å². The van der Waals surface area contributed by atoms with Gasteiger partial charge in [0.2, 0.25) is 5.91 Å². The summed E-state index contributed by atoms with van der Waals surface area (Å²) in [5.74, 6) is 1.68. The fourth-order valence-electron chi connectivity index (χ4n) is 3.93. The van der Waals surface area contributed by atoms with Crippen molar-refractivity contribution in [3.8, 4) is 11.5 Å². The summed E-state index contributed by atoms with van der Waals surface area (Å²) in [6.45, 7) is 2.69. The Bertz CT molecular complexity index is 624. The van der Waals surface area contributed by atoms with Gasteiger partial charge in [-0.25, -0.2) is 0 Å². The number of benzene rings is 1. The highest BCUT2D eigenvalue weighted by atomic mass is 16.5. The summed E-state index contributed by atoms with van der Waals surface area (Å²) in [7, 11) is 3.31. The highest BCUT2D eigenvalue weighted by Crippen LogP contribution is 2.45. The largest absolute Gasteiger partial charge is 0.493 e. The third kappa shape index (κ3) is 3.46. The lowest BCUT2D eigenvalue weighted by Gasteiger charge is -2.45. The second-order valence-electron chi connectivity index (χ2n) is 6.73. The molecule has 2 heterocycles. The summed E-state index contributed by atoms with van der Waals surface area (Å²) in [5.41, 5.74) is 7.63. The first-order valence-electron chi connectivity index (χ1n) is 9.00. The topological polar surface area (TPSA) is 74.0 Å². The van der Waals surface area contributed by atoms with Gasteiger partial charge >= 0.3 is 0 Å². The minimum Gasteiger partial charge on any atom is -0.493 e. The zero-order valence-electron chi connectivity index (χ0n) is 15.2. The highest BCUT2D eigenvalue weighted by Gasteiger charge is 2.42. The van der Waals surface area contributed by atoms with E-state index in [1.54, 1.807) is 14.2 Å². The number of methoxy groups -OCH3 is 2. The van der Waals surface area contributed by atoms with Crippen LogP contribution in [0, 0.1) is 0 Å². The number of rotatable bonds is 5. The lowest BCUT2D eigenvalue weighted by Crippen LogP contribution is -2.48. The van der Waals surface area contributed by atoms with Crippen LogP contribution in [0.1, 0.15) is 36.8 Å². The van der Waals surface area contributed by atoms with Gasteiger partial charge in [0.25, 0.3) is 0 Å². The van der Waals surface area contributed by atoms with Gasteiger partial charge in [-0.05, 0) is 55.5 Å². The maximum Gasteiger partial charge on any atom is 0.222 e. The molecule has 0 unspecified atom stereocenters. The first-order valence-corrected chi connectivity index (χ1v) is 9.00. The Morgan fingerprint density at radius 1 is 1.24 bits per heavy atom. The molecule has 2 aliphatic heterocycles. The quantitative estimate of drug-likeness (QED) is 0.879. The lowest BCUT2D eigenvalue weighted by atomic mass is 9.79. The molecule has 6 heteroatoms. The number of likely N-dealkylation sites (tertiary alicyclic amines) is 1. The van der Waals surface area contributed by atoms with Crippen LogP contribution >= 0.6 is 0 Å². The van der Waals surface area contributed by atoms with Crippen molar-refractivity contribution in [2.24, 2.45) is 5.73 Å². The van der Waals surface area contributed by atoms with Gasteiger partial charge in [-0.2, -0.15) is 0 Å². The summed E-state index contributed by atoms with van der Waals surface area (Å²) in [5, 5.41) is 0. The van der Waals surface area contributed by atoms with Crippen molar-refractivity contribution in [1.82, 2.24) is 4.90 Å². The molecule has 0 saturated carbocycles. The summed E-state index contributed by atoms with van der Waals surface area (Å²) >= 11 is 0. The van der Waals surface area contributed by atoms with Crippen LogP contribution in [0.3, 0.4) is 0 Å². The van der Waals surface area contributed by atoms with Crippen molar-refractivity contribution >= 4 is 5.91 Å². The number of hydrogen-bond acceptors (Lipinski definition) is 5. The van der Waals surface area contributed by atoms with Gasteiger partial charge in [0.1, 0.15) is 0 Å². The molecule has 1 fully saturated rings. The Balaban J connectivity index is 1.80. The van der Waals surface area contributed by atoms with Crippen molar-refractivity contribution in [3.05, 3.63) is 23.3 Å². The lowest BCUT2D eigenvalue weighted by molar-refractivity contribution is -0.140. The standard InChI is InChI=1S/C19H28N2O4/c1-23-16-12-14-5-11-25-19(15(14)13-17(16)24-2)6-9-21(10-7-19)18(22)4-3-8-20/h12-13H,3-11,20H2,1-2H3. The molecule has 1 saturated heterocycles. The number of ether oxygens (including phenoxy) is 3. The molecule has 1 spiro atoms. The zero-order chi connectivity index (χ0) is 17.9. The Labute approximate surface area is 149 Å². The third-order valence-electron chi connectivity index (χ3n) is 5.37. The predicted octanol–water partition coefficient (Wildman–Crippen LogP) is 1.83. The van der Waals surface area contributed by atoms with Crippen molar-refractivity contribution in [1.29, 1.82) is 0 Å². The number of hydrogen-bond donors (Lipinski definition) is 1. The van der Waals surface area contributed by atoms with E-state index < -0.39 is 0 Å². The Kier molecular flexibility index (Phi) is 5.49. The maximum absolute atomic E-state index is 12.3. The van der Waals surface area contributed by atoms with E-state index in [9.17, 15) is 4.79 Å². The van der Waals surface area contributed by atoms with E-state index in [2.05, 4.69) is 12.1 Å². The van der Waals surface area contributed by atoms with Crippen molar-refractivity contribution < 1.29 is 19.0 Å². The average molecular weight is 348 g/mol. The smallest absolute Gasteiger partial charge is 0.222 e. The van der Waals surface area contributed by atoms with E-state index in [0.717, 1.165) is 50.3 Å². The summed E-state index contributed by atoms with van der Waals surface area (Å²) in [6, 6.07) is 4.12. The predicted molar refractivity (Wildman–Crippen MR) is 95.0 cm³/mol. The number of nitrogens with two attached hydrogens (primary N) is 1. The van der Waals surface area contributed by atoms with Crippen LogP contribution in [-0.4, -0.2) is 51.3 Å². The number of amides is 1. The molecule has 138 valence electrons. The Hall–Kier alpha value is -1.79. The molecule has 6 nitrogen and oxygen atoms in total. The molecule has 1 amide bonds. The molecule has 0 bridgehead atoms. The number of carbonyl (C=O) groups excluding carboxylic acids is 1. The molecule has 2 aliphatic rings. The van der Waals surface area contributed by atoms with Crippen LogP contribution in [-0.2, 0) is 21.6 Å². The molecule has 3 rings (SSSR count). The summed E-state index contributed by atoms with van der Waals surface area (Å²) in [4.78, 5) is 14.2. The molecular formula is C19H28N2O4. The number of nitrogens with zero attached hydrogens (tertiary/aromatic N) is 1. The normalized spacial score (nSPS) is 18.8. The van der Waals surface area contributed by atoms with Crippen molar-refractivity contribution in [2.75, 3.05) is 40.5 Å². The summed E-state index contributed by atoms with van der Waals surface area (Å²) < 4.78 is 17.2. The first-order chi connectivity index (χ1) is 12.1. The molecule has 1 aromatic rings. The SMILES string of the molecule is COc1cc2c(cc1OC)C1(CCN(C(=O)CCCN)CC1)OCC2. The Morgan fingerprint density at radius 2 is 1.92 bits per heavy atom. The monoisotopic (exact) mass is 348 g/mol. The molecule has 0 radical (unpaired) electrons. The van der Waals surface area contributed by atoms with Crippen molar-refractivity contribution in [3.63, 3.8) is 0 Å². The highest BCUT2D eigenvalue weighted by molar-refractivity contribution is 5.76. The third-order valence-corrected chi connectivity index (χ3v) is 5.37. The average Bonchev–Trinajstić information content (AvgIpc) is 2.66. The van der Waals surface area contributed by atoms with Gasteiger partial charge < -0.3 is 24.8 Å². The second-order valence-corrected chi connectivity index (χ2v) is 6.73. The fraction of sp³-hybridized carbons (Fsp3) is 0.632. The van der Waals surface area contributed by atoms with E-state index in [0.29, 0.717) is 19.6 Å². The minimum absolute atomic E-state index is 0.198. The van der Waals surface area contributed by atoms with Gasteiger partial charge in [0.05, 0.1) is 26.4 Å². The molecule has 0 atom stereocenters. The first kappa shape index (κ1) is 18.0. The molecule has 0 aliphatic carbocycles. The molecule has 25 heavy (non-hydrogen) atoms. The van der Waals surface area contributed by atoms with Crippen LogP contribution in [0.5, 0.6) is 11.5 Å². The molecule has 0 aromatic heterocycles. The zero-order valence-corrected chi connectivity index (χ0v) is 15.2. The van der Waals surface area contributed by atoms with Crippen LogP contribution in [0.2, 0.25) is 0 Å². The van der Waals surface area contributed by atoms with E-state index >= 15 is 0 Å². The number of piperidine rings is 1. The fourth-order valence-corrected chi connectivity index (χ4v) is 3.93. The summed E-state index contributed by atoms with van der Waals surface area (Å²) in [6.07, 6.45) is 3.77. The van der Waals surface area contributed by atoms with Crippen LogP contribution < -0.4 is 15.2 Å². The molecular weight excluding hydrogens is 320 g/mol. The van der Waals surface area contributed by atoms with Gasteiger partial charge in [0.15, 0.2) is 11.5 Å². The van der Waals surface area contributed by atoms with Gasteiger partial charge in [-0.15, -0.1) is 0 Å². The Morgan fingerprint density at radius 3 is 2.56 bits per heavy atom.